The van der Waals surface area contributed by atoms with E-state index in [1.807, 2.05) is 47.7 Å². The molecule has 0 unspecified atom stereocenters. The highest BCUT2D eigenvalue weighted by atomic mass is 32.2. The van der Waals surface area contributed by atoms with Crippen LogP contribution < -0.4 is 5.32 Å². The highest BCUT2D eigenvalue weighted by molar-refractivity contribution is 8.00. The molecule has 4 aromatic rings. The van der Waals surface area contributed by atoms with Gasteiger partial charge in [-0.3, -0.25) is 9.20 Å². The van der Waals surface area contributed by atoms with E-state index in [0.717, 1.165) is 46.3 Å². The van der Waals surface area contributed by atoms with Gasteiger partial charge in [0.25, 0.3) is 0 Å². The molecule has 29 heavy (non-hydrogen) atoms. The maximum Gasteiger partial charge on any atom is 0.233 e. The lowest BCUT2D eigenvalue weighted by atomic mass is 10.1. The summed E-state index contributed by atoms with van der Waals surface area (Å²) >= 11 is 1.42. The molecule has 146 valence electrons. The zero-order valence-electron chi connectivity index (χ0n) is 16.3. The number of para-hydroxylation sites is 1. The molecule has 2 heterocycles. The number of hydrogen-bond donors (Lipinski definition) is 1. The summed E-state index contributed by atoms with van der Waals surface area (Å²) < 4.78 is 1.97. The van der Waals surface area contributed by atoms with Crippen molar-refractivity contribution in [1.29, 1.82) is 0 Å². The van der Waals surface area contributed by atoms with Gasteiger partial charge in [-0.2, -0.15) is 0 Å². The van der Waals surface area contributed by atoms with E-state index in [2.05, 4.69) is 34.6 Å². The predicted molar refractivity (Wildman–Crippen MR) is 115 cm³/mol. The average molecular weight is 404 g/mol. The molecule has 1 fully saturated rings. The summed E-state index contributed by atoms with van der Waals surface area (Å²) in [5, 5.41) is 13.3. The Morgan fingerprint density at radius 2 is 2.00 bits per heavy atom. The van der Waals surface area contributed by atoms with E-state index in [0.29, 0.717) is 11.2 Å². The SMILES string of the molecule is Cc1cccc(-c2nc3ccccc3c3nnc(S[C@@H](C)C(=O)NC4CC4)n23)c1. The molecule has 1 aliphatic rings. The fourth-order valence-electron chi connectivity index (χ4n) is 3.37. The zero-order chi connectivity index (χ0) is 20.0. The molecular weight excluding hydrogens is 382 g/mol. The minimum absolute atomic E-state index is 0.0418. The van der Waals surface area contributed by atoms with E-state index in [1.54, 1.807) is 0 Å². The fourth-order valence-corrected chi connectivity index (χ4v) is 4.23. The zero-order valence-corrected chi connectivity index (χ0v) is 17.1. The van der Waals surface area contributed by atoms with Gasteiger partial charge in [0.05, 0.1) is 10.8 Å². The summed E-state index contributed by atoms with van der Waals surface area (Å²) in [6.07, 6.45) is 2.15. The number of carbonyl (C=O) groups is 1. The first-order valence-electron chi connectivity index (χ1n) is 9.78. The Labute approximate surface area is 172 Å². The molecule has 1 aliphatic carbocycles. The van der Waals surface area contributed by atoms with E-state index in [4.69, 9.17) is 4.98 Å². The van der Waals surface area contributed by atoms with Crippen molar-refractivity contribution in [1.82, 2.24) is 24.9 Å². The average Bonchev–Trinajstić information content (AvgIpc) is 3.44. The number of nitrogens with zero attached hydrogens (tertiary/aromatic N) is 4. The second-order valence-electron chi connectivity index (χ2n) is 7.51. The molecule has 1 atom stereocenters. The van der Waals surface area contributed by atoms with Crippen LogP contribution >= 0.6 is 11.8 Å². The van der Waals surface area contributed by atoms with Crippen molar-refractivity contribution in [3.8, 4) is 11.4 Å². The van der Waals surface area contributed by atoms with Gasteiger partial charge in [0.15, 0.2) is 10.8 Å². The minimum Gasteiger partial charge on any atom is -0.352 e. The van der Waals surface area contributed by atoms with Gasteiger partial charge in [-0.25, -0.2) is 4.98 Å². The standard InChI is InChI=1S/C22H21N5OS/c1-13-6-5-7-15(12-13)19-24-18-9-4-3-8-17(18)20-25-26-22(27(19)20)29-14(2)21(28)23-16-10-11-16/h3-9,12,14,16H,10-11H2,1-2H3,(H,23,28)/t14-/m0/s1. The summed E-state index contributed by atoms with van der Waals surface area (Å²) in [5.74, 6) is 0.824. The lowest BCUT2D eigenvalue weighted by Gasteiger charge is -2.13. The van der Waals surface area contributed by atoms with Crippen molar-refractivity contribution in [3.63, 3.8) is 0 Å². The number of carbonyl (C=O) groups excluding carboxylic acids is 1. The number of benzene rings is 2. The molecule has 0 saturated heterocycles. The largest absolute Gasteiger partial charge is 0.352 e. The Hall–Kier alpha value is -2.93. The normalized spacial score (nSPS) is 15.0. The number of aromatic nitrogens is 4. The van der Waals surface area contributed by atoms with Gasteiger partial charge in [-0.15, -0.1) is 10.2 Å². The van der Waals surface area contributed by atoms with Gasteiger partial charge >= 0.3 is 0 Å². The lowest BCUT2D eigenvalue weighted by Crippen LogP contribution is -2.32. The van der Waals surface area contributed by atoms with Crippen LogP contribution in [0.1, 0.15) is 25.3 Å². The summed E-state index contributed by atoms with van der Waals surface area (Å²) in [4.78, 5) is 17.4. The molecule has 0 aliphatic heterocycles. The number of fused-ring (bicyclic) bond motifs is 3. The van der Waals surface area contributed by atoms with Gasteiger partial charge in [0, 0.05) is 17.0 Å². The third kappa shape index (κ3) is 3.46. The number of nitrogens with one attached hydrogen (secondary N) is 1. The van der Waals surface area contributed by atoms with Crippen LogP contribution in [0.25, 0.3) is 27.9 Å². The highest BCUT2D eigenvalue weighted by Crippen LogP contribution is 2.31. The van der Waals surface area contributed by atoms with Gasteiger partial charge in [0.1, 0.15) is 5.82 Å². The molecule has 1 N–H and O–H groups in total. The van der Waals surface area contributed by atoms with E-state index >= 15 is 0 Å². The van der Waals surface area contributed by atoms with Gasteiger partial charge in [-0.05, 0) is 44.9 Å². The summed E-state index contributed by atoms with van der Waals surface area (Å²) in [6.45, 7) is 3.97. The molecule has 6 nitrogen and oxygen atoms in total. The number of aryl methyl sites for hydroxylation is 1. The Balaban J connectivity index is 1.65. The molecular formula is C22H21N5OS. The third-order valence-electron chi connectivity index (χ3n) is 5.07. The number of amides is 1. The second-order valence-corrected chi connectivity index (χ2v) is 8.81. The van der Waals surface area contributed by atoms with Crippen molar-refractivity contribution >= 4 is 34.2 Å². The van der Waals surface area contributed by atoms with Crippen molar-refractivity contribution in [2.45, 2.75) is 43.1 Å². The molecule has 5 rings (SSSR count). The van der Waals surface area contributed by atoms with E-state index < -0.39 is 0 Å². The Bertz CT molecular complexity index is 1230. The smallest absolute Gasteiger partial charge is 0.233 e. The van der Waals surface area contributed by atoms with E-state index in [1.165, 1.54) is 11.8 Å². The Morgan fingerprint density at radius 1 is 1.17 bits per heavy atom. The first-order valence-corrected chi connectivity index (χ1v) is 10.7. The van der Waals surface area contributed by atoms with Crippen molar-refractivity contribution < 1.29 is 4.79 Å². The van der Waals surface area contributed by atoms with E-state index in [-0.39, 0.29) is 11.2 Å². The Morgan fingerprint density at radius 3 is 2.79 bits per heavy atom. The second kappa shape index (κ2) is 7.15. The predicted octanol–water partition coefficient (Wildman–Crippen LogP) is 4.01. The quantitative estimate of drug-likeness (QED) is 0.510. The van der Waals surface area contributed by atoms with Crippen LogP contribution in [0.4, 0.5) is 0 Å². The van der Waals surface area contributed by atoms with Crippen LogP contribution in [-0.2, 0) is 4.79 Å². The summed E-state index contributed by atoms with van der Waals surface area (Å²) in [5.41, 5.74) is 3.78. The first-order chi connectivity index (χ1) is 14.1. The highest BCUT2D eigenvalue weighted by Gasteiger charge is 2.27. The molecule has 1 amide bonds. The number of hydrogen-bond acceptors (Lipinski definition) is 5. The molecule has 1 saturated carbocycles. The van der Waals surface area contributed by atoms with Crippen LogP contribution in [0, 0.1) is 6.92 Å². The van der Waals surface area contributed by atoms with Crippen LogP contribution in [0.5, 0.6) is 0 Å². The third-order valence-corrected chi connectivity index (χ3v) is 6.11. The summed E-state index contributed by atoms with van der Waals surface area (Å²) in [7, 11) is 0. The van der Waals surface area contributed by atoms with Crippen LogP contribution in [0.3, 0.4) is 0 Å². The van der Waals surface area contributed by atoms with Crippen molar-refractivity contribution in [2.75, 3.05) is 0 Å². The fraction of sp³-hybridized carbons (Fsp3) is 0.273. The number of rotatable bonds is 5. The monoisotopic (exact) mass is 403 g/mol. The van der Waals surface area contributed by atoms with Gasteiger partial charge in [0.2, 0.25) is 5.91 Å². The summed E-state index contributed by atoms with van der Waals surface area (Å²) in [6, 6.07) is 16.5. The maximum absolute atomic E-state index is 12.5. The molecule has 0 radical (unpaired) electrons. The number of thioether (sulfide) groups is 1. The van der Waals surface area contributed by atoms with Crippen LogP contribution in [-0.4, -0.2) is 36.8 Å². The van der Waals surface area contributed by atoms with Gasteiger partial charge < -0.3 is 5.32 Å². The minimum atomic E-state index is -0.264. The molecule has 0 bridgehead atoms. The Kier molecular flexibility index (Phi) is 4.47. The molecule has 2 aromatic heterocycles. The molecule has 2 aromatic carbocycles. The van der Waals surface area contributed by atoms with E-state index in [9.17, 15) is 4.79 Å². The van der Waals surface area contributed by atoms with Crippen LogP contribution in [0.2, 0.25) is 0 Å². The van der Waals surface area contributed by atoms with Crippen LogP contribution in [0.15, 0.2) is 53.7 Å². The van der Waals surface area contributed by atoms with Crippen molar-refractivity contribution in [2.24, 2.45) is 0 Å². The molecule has 7 heteroatoms. The topological polar surface area (TPSA) is 72.2 Å². The lowest BCUT2D eigenvalue weighted by molar-refractivity contribution is -0.120. The molecule has 0 spiro atoms. The van der Waals surface area contributed by atoms with Gasteiger partial charge in [-0.1, -0.05) is 47.7 Å². The maximum atomic E-state index is 12.5. The van der Waals surface area contributed by atoms with Crippen molar-refractivity contribution in [3.05, 3.63) is 54.1 Å². The first kappa shape index (κ1) is 18.1.